The molecule has 1 aromatic rings. The monoisotopic (exact) mass is 218 g/mol. The summed E-state index contributed by atoms with van der Waals surface area (Å²) in [7, 11) is 1.63. The van der Waals surface area contributed by atoms with Gasteiger partial charge in [0.25, 0.3) is 0 Å². The van der Waals surface area contributed by atoms with Crippen LogP contribution in [0.1, 0.15) is 38.9 Å². The van der Waals surface area contributed by atoms with E-state index < -0.39 is 0 Å². The molecule has 1 aromatic heterocycles. The van der Waals surface area contributed by atoms with Crippen molar-refractivity contribution in [3.05, 3.63) is 24.3 Å². The minimum Gasteiger partial charge on any atom is -0.494 e. The van der Waals surface area contributed by atoms with Gasteiger partial charge in [0.1, 0.15) is 0 Å². The molecule has 0 fully saturated rings. The zero-order valence-corrected chi connectivity index (χ0v) is 10.2. The molecular formula is C13H18N2O. The average molecular weight is 218 g/mol. The number of allylic oxidation sites excluding steroid dienone is 2. The number of hydrogen-bond donors (Lipinski definition) is 0. The van der Waals surface area contributed by atoms with Crippen LogP contribution >= 0.6 is 0 Å². The first kappa shape index (κ1) is 11.1. The van der Waals surface area contributed by atoms with Gasteiger partial charge in [-0.3, -0.25) is 0 Å². The maximum atomic E-state index is 5.05. The van der Waals surface area contributed by atoms with E-state index in [1.165, 1.54) is 12.0 Å². The molecule has 0 saturated carbocycles. The van der Waals surface area contributed by atoms with Crippen LogP contribution in [0.15, 0.2) is 18.5 Å². The highest BCUT2D eigenvalue weighted by atomic mass is 16.5. The first-order chi connectivity index (χ1) is 7.61. The van der Waals surface area contributed by atoms with Crippen molar-refractivity contribution in [2.24, 2.45) is 5.41 Å². The van der Waals surface area contributed by atoms with Gasteiger partial charge < -0.3 is 4.74 Å². The summed E-state index contributed by atoms with van der Waals surface area (Å²) in [6.45, 7) is 4.60. The lowest BCUT2D eigenvalue weighted by Gasteiger charge is -2.28. The lowest BCUT2D eigenvalue weighted by atomic mass is 9.78. The Balaban J connectivity index is 2.16. The quantitative estimate of drug-likeness (QED) is 0.765. The SMILES string of the molecule is COc1cnc(C2=CCC(C)(C)CC2)nc1. The minimum absolute atomic E-state index is 0.427. The zero-order valence-electron chi connectivity index (χ0n) is 10.2. The van der Waals surface area contributed by atoms with Crippen molar-refractivity contribution >= 4 is 5.57 Å². The Morgan fingerprint density at radius 1 is 1.25 bits per heavy atom. The van der Waals surface area contributed by atoms with E-state index in [1.807, 2.05) is 0 Å². The summed E-state index contributed by atoms with van der Waals surface area (Å²) in [5.74, 6) is 1.55. The maximum Gasteiger partial charge on any atom is 0.155 e. The Labute approximate surface area is 96.6 Å². The van der Waals surface area contributed by atoms with Crippen LogP contribution in [0, 0.1) is 5.41 Å². The summed E-state index contributed by atoms with van der Waals surface area (Å²) in [5.41, 5.74) is 1.69. The van der Waals surface area contributed by atoms with E-state index in [-0.39, 0.29) is 0 Å². The summed E-state index contributed by atoms with van der Waals surface area (Å²) >= 11 is 0. The first-order valence-corrected chi connectivity index (χ1v) is 5.66. The van der Waals surface area contributed by atoms with E-state index in [2.05, 4.69) is 29.9 Å². The van der Waals surface area contributed by atoms with Crippen molar-refractivity contribution in [2.75, 3.05) is 7.11 Å². The van der Waals surface area contributed by atoms with Gasteiger partial charge in [0.05, 0.1) is 19.5 Å². The second kappa shape index (κ2) is 4.24. The molecule has 16 heavy (non-hydrogen) atoms. The van der Waals surface area contributed by atoms with Gasteiger partial charge in [-0.25, -0.2) is 9.97 Å². The smallest absolute Gasteiger partial charge is 0.155 e. The molecule has 0 N–H and O–H groups in total. The molecule has 0 bridgehead atoms. The standard InChI is InChI=1S/C13H18N2O/c1-13(2)6-4-10(5-7-13)12-14-8-11(16-3)9-15-12/h4,8-9H,5-7H2,1-3H3. The molecule has 0 atom stereocenters. The molecule has 1 aliphatic carbocycles. The zero-order chi connectivity index (χ0) is 11.6. The van der Waals surface area contributed by atoms with Gasteiger partial charge in [0.15, 0.2) is 11.6 Å². The molecule has 0 amide bonds. The fourth-order valence-electron chi connectivity index (χ4n) is 1.87. The molecule has 0 unspecified atom stereocenters. The van der Waals surface area contributed by atoms with Crippen molar-refractivity contribution in [1.29, 1.82) is 0 Å². The van der Waals surface area contributed by atoms with Gasteiger partial charge in [0.2, 0.25) is 0 Å². The molecule has 0 aromatic carbocycles. The number of methoxy groups -OCH3 is 1. The third-order valence-electron chi connectivity index (χ3n) is 3.12. The molecular weight excluding hydrogens is 200 g/mol. The number of nitrogens with zero attached hydrogens (tertiary/aromatic N) is 2. The lowest BCUT2D eigenvalue weighted by Crippen LogP contribution is -2.14. The van der Waals surface area contributed by atoms with E-state index in [0.717, 1.165) is 18.7 Å². The van der Waals surface area contributed by atoms with Crippen LogP contribution in [0.25, 0.3) is 5.57 Å². The maximum absolute atomic E-state index is 5.05. The van der Waals surface area contributed by atoms with Gasteiger partial charge in [-0.05, 0) is 30.3 Å². The van der Waals surface area contributed by atoms with E-state index in [1.54, 1.807) is 19.5 Å². The molecule has 0 radical (unpaired) electrons. The first-order valence-electron chi connectivity index (χ1n) is 5.66. The second-order valence-electron chi connectivity index (χ2n) is 5.04. The average Bonchev–Trinajstić information content (AvgIpc) is 2.29. The van der Waals surface area contributed by atoms with E-state index in [0.29, 0.717) is 11.2 Å². The molecule has 2 rings (SSSR count). The third-order valence-corrected chi connectivity index (χ3v) is 3.12. The minimum atomic E-state index is 0.427. The molecule has 3 nitrogen and oxygen atoms in total. The van der Waals surface area contributed by atoms with E-state index in [4.69, 9.17) is 4.74 Å². The van der Waals surface area contributed by atoms with Gasteiger partial charge >= 0.3 is 0 Å². The largest absolute Gasteiger partial charge is 0.494 e. The summed E-state index contributed by atoms with van der Waals surface area (Å²) in [6, 6.07) is 0. The highest BCUT2D eigenvalue weighted by molar-refractivity contribution is 5.60. The molecule has 0 aliphatic heterocycles. The van der Waals surface area contributed by atoms with Crippen molar-refractivity contribution in [1.82, 2.24) is 9.97 Å². The molecule has 1 aliphatic rings. The van der Waals surface area contributed by atoms with Crippen molar-refractivity contribution in [3.63, 3.8) is 0 Å². The molecule has 0 saturated heterocycles. The third kappa shape index (κ3) is 2.40. The van der Waals surface area contributed by atoms with Crippen LogP contribution in [-0.4, -0.2) is 17.1 Å². The Morgan fingerprint density at radius 3 is 2.44 bits per heavy atom. The van der Waals surface area contributed by atoms with Crippen LogP contribution in [0.5, 0.6) is 5.75 Å². The lowest BCUT2D eigenvalue weighted by molar-refractivity contribution is 0.334. The van der Waals surface area contributed by atoms with Crippen LogP contribution < -0.4 is 4.74 Å². The predicted molar refractivity (Wildman–Crippen MR) is 64.2 cm³/mol. The van der Waals surface area contributed by atoms with Crippen LogP contribution in [0.3, 0.4) is 0 Å². The van der Waals surface area contributed by atoms with Crippen LogP contribution in [-0.2, 0) is 0 Å². The Hall–Kier alpha value is -1.38. The van der Waals surface area contributed by atoms with Crippen molar-refractivity contribution in [2.45, 2.75) is 33.1 Å². The predicted octanol–water partition coefficient (Wildman–Crippen LogP) is 3.08. The fraction of sp³-hybridized carbons (Fsp3) is 0.538. The Kier molecular flexibility index (Phi) is 2.95. The Bertz CT molecular complexity index is 393. The normalized spacial score (nSPS) is 19.1. The van der Waals surface area contributed by atoms with Crippen molar-refractivity contribution in [3.8, 4) is 5.75 Å². The number of ether oxygens (including phenoxy) is 1. The van der Waals surface area contributed by atoms with Gasteiger partial charge in [-0.15, -0.1) is 0 Å². The van der Waals surface area contributed by atoms with Gasteiger partial charge in [0, 0.05) is 0 Å². The number of aromatic nitrogens is 2. The summed E-state index contributed by atoms with van der Waals surface area (Å²) in [4.78, 5) is 8.63. The van der Waals surface area contributed by atoms with E-state index in [9.17, 15) is 0 Å². The highest BCUT2D eigenvalue weighted by Crippen LogP contribution is 2.36. The molecule has 0 spiro atoms. The topological polar surface area (TPSA) is 35.0 Å². The summed E-state index contributed by atoms with van der Waals surface area (Å²) < 4.78 is 5.05. The summed E-state index contributed by atoms with van der Waals surface area (Å²) in [6.07, 6.45) is 9.10. The fourth-order valence-corrected chi connectivity index (χ4v) is 1.87. The molecule has 1 heterocycles. The van der Waals surface area contributed by atoms with Crippen LogP contribution in [0.4, 0.5) is 0 Å². The number of hydrogen-bond acceptors (Lipinski definition) is 3. The van der Waals surface area contributed by atoms with Gasteiger partial charge in [-0.2, -0.15) is 0 Å². The Morgan fingerprint density at radius 2 is 1.94 bits per heavy atom. The molecule has 86 valence electrons. The second-order valence-corrected chi connectivity index (χ2v) is 5.04. The van der Waals surface area contributed by atoms with Gasteiger partial charge in [-0.1, -0.05) is 19.9 Å². The van der Waals surface area contributed by atoms with Crippen LogP contribution in [0.2, 0.25) is 0 Å². The van der Waals surface area contributed by atoms with E-state index >= 15 is 0 Å². The summed E-state index contributed by atoms with van der Waals surface area (Å²) in [5, 5.41) is 0. The molecule has 3 heteroatoms. The number of rotatable bonds is 2. The van der Waals surface area contributed by atoms with Crippen molar-refractivity contribution < 1.29 is 4.74 Å². The highest BCUT2D eigenvalue weighted by Gasteiger charge is 2.22.